The van der Waals surface area contributed by atoms with Crippen molar-refractivity contribution in [1.82, 2.24) is 4.98 Å². The van der Waals surface area contributed by atoms with Crippen LogP contribution in [-0.4, -0.2) is 25.4 Å². The maximum Gasteiger partial charge on any atom is 0.153 e. The number of nitrogens with zero attached hydrogens (tertiary/aromatic N) is 1. The lowest BCUT2D eigenvalue weighted by molar-refractivity contribution is 0.601. The fourth-order valence-corrected chi connectivity index (χ4v) is 3.80. The van der Waals surface area contributed by atoms with Gasteiger partial charge in [0.15, 0.2) is 9.84 Å². The number of hydrogen-bond donors (Lipinski definition) is 0. The molecular weight excluding hydrogens is 262 g/mol. The average molecular weight is 275 g/mol. The van der Waals surface area contributed by atoms with Crippen molar-refractivity contribution >= 4 is 32.9 Å². The van der Waals surface area contributed by atoms with Crippen molar-refractivity contribution in [1.29, 1.82) is 0 Å². The van der Waals surface area contributed by atoms with Crippen molar-refractivity contribution in [3.8, 4) is 11.8 Å². The Bertz CT molecular complexity index is 494. The van der Waals surface area contributed by atoms with Gasteiger partial charge in [0.1, 0.15) is 10.8 Å². The Morgan fingerprint density at radius 1 is 1.56 bits per heavy atom. The third-order valence-electron chi connectivity index (χ3n) is 1.59. The Hall–Kier alpha value is -0.510. The van der Waals surface area contributed by atoms with Crippen molar-refractivity contribution < 1.29 is 8.42 Å². The van der Waals surface area contributed by atoms with E-state index in [0.717, 1.165) is 17.2 Å². The standard InChI is InChI=1S/C10H13NO2S3/c1-3-4-5-14-6-9-7-15-10(11-9)8-16(2,12)13/h7H,5-6,8H2,1-2H3. The van der Waals surface area contributed by atoms with Gasteiger partial charge < -0.3 is 0 Å². The molecular formula is C10H13NO2S3. The topological polar surface area (TPSA) is 47.0 Å². The van der Waals surface area contributed by atoms with E-state index in [2.05, 4.69) is 16.8 Å². The van der Waals surface area contributed by atoms with Crippen LogP contribution in [0.3, 0.4) is 0 Å². The van der Waals surface area contributed by atoms with Crippen LogP contribution >= 0.6 is 23.1 Å². The van der Waals surface area contributed by atoms with Crippen LogP contribution in [0.25, 0.3) is 0 Å². The summed E-state index contributed by atoms with van der Waals surface area (Å²) < 4.78 is 22.1. The highest BCUT2D eigenvalue weighted by molar-refractivity contribution is 7.98. The molecule has 0 saturated carbocycles. The zero-order valence-corrected chi connectivity index (χ0v) is 11.6. The second-order valence-corrected chi connectivity index (χ2v) is 7.29. The van der Waals surface area contributed by atoms with E-state index in [4.69, 9.17) is 0 Å². The molecule has 0 bridgehead atoms. The predicted octanol–water partition coefficient (Wildman–Crippen LogP) is 1.94. The van der Waals surface area contributed by atoms with Crippen LogP contribution in [0.2, 0.25) is 0 Å². The van der Waals surface area contributed by atoms with E-state index in [1.54, 1.807) is 11.8 Å². The molecule has 0 amide bonds. The molecule has 0 radical (unpaired) electrons. The molecule has 3 nitrogen and oxygen atoms in total. The molecule has 0 aliphatic rings. The third kappa shape index (κ3) is 5.54. The predicted molar refractivity (Wildman–Crippen MR) is 70.3 cm³/mol. The zero-order chi connectivity index (χ0) is 12.0. The first-order valence-corrected chi connectivity index (χ1v) is 8.69. The second kappa shape index (κ2) is 6.28. The molecule has 16 heavy (non-hydrogen) atoms. The highest BCUT2D eigenvalue weighted by atomic mass is 32.2. The van der Waals surface area contributed by atoms with Gasteiger partial charge in [0.05, 0.1) is 11.4 Å². The van der Waals surface area contributed by atoms with E-state index in [-0.39, 0.29) is 5.75 Å². The van der Waals surface area contributed by atoms with Gasteiger partial charge in [0.2, 0.25) is 0 Å². The van der Waals surface area contributed by atoms with Gasteiger partial charge in [-0.15, -0.1) is 29.0 Å². The lowest BCUT2D eigenvalue weighted by atomic mass is 10.6. The summed E-state index contributed by atoms with van der Waals surface area (Å²) in [6.07, 6.45) is 1.22. The summed E-state index contributed by atoms with van der Waals surface area (Å²) in [5, 5.41) is 2.58. The minimum Gasteiger partial charge on any atom is -0.244 e. The maximum absolute atomic E-state index is 11.1. The molecule has 0 aliphatic heterocycles. The largest absolute Gasteiger partial charge is 0.244 e. The summed E-state index contributed by atoms with van der Waals surface area (Å²) in [6.45, 7) is 1.81. The zero-order valence-electron chi connectivity index (χ0n) is 9.19. The molecule has 1 aromatic rings. The van der Waals surface area contributed by atoms with Crippen molar-refractivity contribution in [3.63, 3.8) is 0 Å². The van der Waals surface area contributed by atoms with E-state index in [1.807, 2.05) is 12.3 Å². The highest BCUT2D eigenvalue weighted by Gasteiger charge is 2.08. The van der Waals surface area contributed by atoms with Crippen LogP contribution in [0.15, 0.2) is 5.38 Å². The van der Waals surface area contributed by atoms with Gasteiger partial charge in [0.25, 0.3) is 0 Å². The summed E-state index contributed by atoms with van der Waals surface area (Å²) in [7, 11) is -2.97. The Kier molecular flexibility index (Phi) is 5.32. The summed E-state index contributed by atoms with van der Waals surface area (Å²) >= 11 is 3.08. The van der Waals surface area contributed by atoms with Crippen molar-refractivity contribution in [2.75, 3.05) is 12.0 Å². The second-order valence-electron chi connectivity index (χ2n) is 3.22. The van der Waals surface area contributed by atoms with Crippen LogP contribution in [0.4, 0.5) is 0 Å². The van der Waals surface area contributed by atoms with Gasteiger partial charge in [-0.05, 0) is 6.92 Å². The molecule has 0 atom stereocenters. The SMILES string of the molecule is CC#CCSCc1csc(CS(C)(=O)=O)n1. The molecule has 1 heterocycles. The Labute approximate surface area is 105 Å². The quantitative estimate of drug-likeness (QED) is 0.608. The van der Waals surface area contributed by atoms with Gasteiger partial charge in [0, 0.05) is 17.4 Å². The van der Waals surface area contributed by atoms with E-state index < -0.39 is 9.84 Å². The van der Waals surface area contributed by atoms with Crippen molar-refractivity contribution in [3.05, 3.63) is 16.1 Å². The summed E-state index contributed by atoms with van der Waals surface area (Å²) in [5.74, 6) is 7.39. The monoisotopic (exact) mass is 275 g/mol. The van der Waals surface area contributed by atoms with Crippen LogP contribution < -0.4 is 0 Å². The molecule has 0 saturated heterocycles. The molecule has 1 aromatic heterocycles. The van der Waals surface area contributed by atoms with Crippen LogP contribution in [0, 0.1) is 11.8 Å². The third-order valence-corrected chi connectivity index (χ3v) is 4.31. The Morgan fingerprint density at radius 3 is 2.94 bits per heavy atom. The maximum atomic E-state index is 11.1. The first-order chi connectivity index (χ1) is 7.51. The average Bonchev–Trinajstić information content (AvgIpc) is 2.58. The summed E-state index contributed by atoms with van der Waals surface area (Å²) in [5.41, 5.74) is 0.937. The minimum atomic E-state index is -2.97. The number of thioether (sulfide) groups is 1. The molecule has 1 rings (SSSR count). The Balaban J connectivity index is 2.47. The molecule has 0 N–H and O–H groups in total. The molecule has 0 aromatic carbocycles. The lowest BCUT2D eigenvalue weighted by Crippen LogP contribution is -2.00. The normalized spacial score (nSPS) is 10.9. The molecule has 6 heteroatoms. The Morgan fingerprint density at radius 2 is 2.31 bits per heavy atom. The van der Waals surface area contributed by atoms with Gasteiger partial charge in [-0.2, -0.15) is 0 Å². The summed E-state index contributed by atoms with van der Waals surface area (Å²) in [4.78, 5) is 4.26. The van der Waals surface area contributed by atoms with Crippen LogP contribution in [0.5, 0.6) is 0 Å². The molecule has 0 fully saturated rings. The highest BCUT2D eigenvalue weighted by Crippen LogP contribution is 2.17. The lowest BCUT2D eigenvalue weighted by Gasteiger charge is -1.93. The molecule has 0 spiro atoms. The van der Waals surface area contributed by atoms with E-state index >= 15 is 0 Å². The minimum absolute atomic E-state index is 0.0388. The molecule has 0 aliphatic carbocycles. The number of sulfone groups is 1. The van der Waals surface area contributed by atoms with Gasteiger partial charge >= 0.3 is 0 Å². The summed E-state index contributed by atoms with van der Waals surface area (Å²) in [6, 6.07) is 0. The van der Waals surface area contributed by atoms with Gasteiger partial charge in [-0.25, -0.2) is 13.4 Å². The van der Waals surface area contributed by atoms with Gasteiger partial charge in [-0.1, -0.05) is 5.92 Å². The first kappa shape index (κ1) is 13.6. The number of aromatic nitrogens is 1. The molecule has 0 unspecified atom stereocenters. The first-order valence-electron chi connectivity index (χ1n) is 4.59. The van der Waals surface area contributed by atoms with Crippen LogP contribution in [0.1, 0.15) is 17.6 Å². The van der Waals surface area contributed by atoms with Crippen molar-refractivity contribution in [2.45, 2.75) is 18.4 Å². The van der Waals surface area contributed by atoms with E-state index in [9.17, 15) is 8.42 Å². The van der Waals surface area contributed by atoms with Crippen molar-refractivity contribution in [2.24, 2.45) is 0 Å². The van der Waals surface area contributed by atoms with E-state index in [1.165, 1.54) is 17.6 Å². The number of thiazole rings is 1. The fourth-order valence-electron chi connectivity index (χ4n) is 0.985. The van der Waals surface area contributed by atoms with Crippen LogP contribution in [-0.2, 0) is 21.3 Å². The van der Waals surface area contributed by atoms with Gasteiger partial charge in [-0.3, -0.25) is 0 Å². The smallest absolute Gasteiger partial charge is 0.153 e. The van der Waals surface area contributed by atoms with E-state index in [0.29, 0.717) is 5.01 Å². The number of rotatable bonds is 5. The number of hydrogen-bond acceptors (Lipinski definition) is 5. The molecule has 88 valence electrons. The fraction of sp³-hybridized carbons (Fsp3) is 0.500.